The summed E-state index contributed by atoms with van der Waals surface area (Å²) in [5, 5.41) is 0. The molecule has 13 heavy (non-hydrogen) atoms. The van der Waals surface area contributed by atoms with Crippen LogP contribution in [-0.2, 0) is 4.79 Å². The Balaban J connectivity index is 3.05. The van der Waals surface area contributed by atoms with Crippen molar-refractivity contribution in [2.75, 3.05) is 7.11 Å². The third kappa shape index (κ3) is 1.97. The zero-order valence-corrected chi connectivity index (χ0v) is 7.36. The standard InChI is InChI=1S/C9H12N2O2/c1-13-7-5-3-2-4-6(7)8(10)9(11)12/h2-5,8H,10H2,1H3,(H2,11,12). The lowest BCUT2D eigenvalue weighted by molar-refractivity contribution is -0.119. The normalized spacial score (nSPS) is 12.2. The van der Waals surface area contributed by atoms with Crippen molar-refractivity contribution in [3.8, 4) is 5.75 Å². The number of hydrogen-bond donors (Lipinski definition) is 2. The Labute approximate surface area is 76.5 Å². The topological polar surface area (TPSA) is 78.3 Å². The van der Waals surface area contributed by atoms with E-state index in [9.17, 15) is 4.79 Å². The lowest BCUT2D eigenvalue weighted by atomic mass is 10.1. The van der Waals surface area contributed by atoms with Crippen LogP contribution in [0.2, 0.25) is 0 Å². The van der Waals surface area contributed by atoms with Crippen LogP contribution in [-0.4, -0.2) is 13.0 Å². The Hall–Kier alpha value is -1.55. The van der Waals surface area contributed by atoms with Gasteiger partial charge in [0, 0.05) is 5.56 Å². The minimum absolute atomic E-state index is 0.565. The summed E-state index contributed by atoms with van der Waals surface area (Å²) in [6.45, 7) is 0. The van der Waals surface area contributed by atoms with Crippen molar-refractivity contribution in [3.05, 3.63) is 29.8 Å². The molecular formula is C9H12N2O2. The fraction of sp³-hybridized carbons (Fsp3) is 0.222. The first kappa shape index (κ1) is 9.54. The van der Waals surface area contributed by atoms with Crippen LogP contribution in [0.15, 0.2) is 24.3 Å². The number of nitrogens with two attached hydrogens (primary N) is 2. The minimum atomic E-state index is -0.809. The zero-order chi connectivity index (χ0) is 9.84. The van der Waals surface area contributed by atoms with Crippen molar-refractivity contribution in [1.82, 2.24) is 0 Å². The maximum atomic E-state index is 10.8. The highest BCUT2D eigenvalue weighted by molar-refractivity contribution is 5.82. The number of methoxy groups -OCH3 is 1. The fourth-order valence-corrected chi connectivity index (χ4v) is 1.08. The predicted molar refractivity (Wildman–Crippen MR) is 49.1 cm³/mol. The van der Waals surface area contributed by atoms with E-state index in [1.165, 1.54) is 7.11 Å². The molecule has 1 aromatic carbocycles. The Bertz CT molecular complexity index is 312. The van der Waals surface area contributed by atoms with Gasteiger partial charge in [-0.3, -0.25) is 4.79 Å². The minimum Gasteiger partial charge on any atom is -0.496 e. The molecule has 4 nitrogen and oxygen atoms in total. The summed E-state index contributed by atoms with van der Waals surface area (Å²) < 4.78 is 5.03. The third-order valence-corrected chi connectivity index (χ3v) is 1.78. The van der Waals surface area contributed by atoms with Crippen LogP contribution < -0.4 is 16.2 Å². The van der Waals surface area contributed by atoms with E-state index in [-0.39, 0.29) is 0 Å². The number of primary amides is 1. The molecule has 1 amide bonds. The van der Waals surface area contributed by atoms with Gasteiger partial charge in [-0.1, -0.05) is 18.2 Å². The van der Waals surface area contributed by atoms with Crippen LogP contribution in [0.5, 0.6) is 5.75 Å². The second-order valence-electron chi connectivity index (χ2n) is 2.62. The lowest BCUT2D eigenvalue weighted by Crippen LogP contribution is -2.28. The molecule has 0 aliphatic rings. The molecule has 0 heterocycles. The van der Waals surface area contributed by atoms with E-state index in [4.69, 9.17) is 16.2 Å². The molecule has 0 radical (unpaired) electrons. The van der Waals surface area contributed by atoms with Crippen LogP contribution in [0.4, 0.5) is 0 Å². The number of para-hydroxylation sites is 1. The van der Waals surface area contributed by atoms with Crippen LogP contribution in [0.25, 0.3) is 0 Å². The van der Waals surface area contributed by atoms with Gasteiger partial charge in [0.25, 0.3) is 0 Å². The zero-order valence-electron chi connectivity index (χ0n) is 7.36. The molecule has 0 aliphatic carbocycles. The van der Waals surface area contributed by atoms with Crippen molar-refractivity contribution in [2.45, 2.75) is 6.04 Å². The molecule has 0 bridgehead atoms. The highest BCUT2D eigenvalue weighted by Crippen LogP contribution is 2.22. The Kier molecular flexibility index (Phi) is 2.87. The molecule has 0 fully saturated rings. The summed E-state index contributed by atoms with van der Waals surface area (Å²) in [6.07, 6.45) is 0. The molecule has 1 unspecified atom stereocenters. The number of carbonyl (C=O) groups excluding carboxylic acids is 1. The number of carbonyl (C=O) groups is 1. The molecule has 0 aromatic heterocycles. The second kappa shape index (κ2) is 3.91. The van der Waals surface area contributed by atoms with Gasteiger partial charge in [0.15, 0.2) is 0 Å². The van der Waals surface area contributed by atoms with Crippen molar-refractivity contribution in [1.29, 1.82) is 0 Å². The summed E-state index contributed by atoms with van der Waals surface area (Å²) in [5.74, 6) is 0.0123. The molecule has 4 heteroatoms. The maximum absolute atomic E-state index is 10.8. The van der Waals surface area contributed by atoms with Crippen LogP contribution in [0.1, 0.15) is 11.6 Å². The first-order chi connectivity index (χ1) is 6.16. The Morgan fingerprint density at radius 3 is 2.62 bits per heavy atom. The first-order valence-corrected chi connectivity index (χ1v) is 3.84. The molecule has 70 valence electrons. The van der Waals surface area contributed by atoms with Crippen molar-refractivity contribution < 1.29 is 9.53 Å². The monoisotopic (exact) mass is 180 g/mol. The summed E-state index contributed by atoms with van der Waals surface area (Å²) in [6, 6.07) is 6.22. The first-order valence-electron chi connectivity index (χ1n) is 3.84. The van der Waals surface area contributed by atoms with Gasteiger partial charge < -0.3 is 16.2 Å². The highest BCUT2D eigenvalue weighted by Gasteiger charge is 2.15. The SMILES string of the molecule is COc1ccccc1C(N)C(N)=O. The van der Waals surface area contributed by atoms with Crippen LogP contribution in [0.3, 0.4) is 0 Å². The molecule has 0 saturated heterocycles. The van der Waals surface area contributed by atoms with Crippen molar-refractivity contribution in [2.24, 2.45) is 11.5 Å². The lowest BCUT2D eigenvalue weighted by Gasteiger charge is -2.11. The molecule has 1 aromatic rings. The average molecular weight is 180 g/mol. The molecule has 0 saturated carbocycles. The van der Waals surface area contributed by atoms with Gasteiger partial charge in [-0.25, -0.2) is 0 Å². The molecule has 4 N–H and O–H groups in total. The largest absolute Gasteiger partial charge is 0.496 e. The Morgan fingerprint density at radius 2 is 2.08 bits per heavy atom. The smallest absolute Gasteiger partial charge is 0.239 e. The molecule has 0 aliphatic heterocycles. The molecule has 0 spiro atoms. The van der Waals surface area contributed by atoms with Gasteiger partial charge in [-0.2, -0.15) is 0 Å². The van der Waals surface area contributed by atoms with E-state index < -0.39 is 11.9 Å². The summed E-state index contributed by atoms with van der Waals surface area (Å²) in [7, 11) is 1.52. The third-order valence-electron chi connectivity index (χ3n) is 1.78. The summed E-state index contributed by atoms with van der Waals surface area (Å²) >= 11 is 0. The second-order valence-corrected chi connectivity index (χ2v) is 2.62. The van der Waals surface area contributed by atoms with Crippen LogP contribution in [0, 0.1) is 0 Å². The van der Waals surface area contributed by atoms with Gasteiger partial charge in [0.1, 0.15) is 11.8 Å². The Morgan fingerprint density at radius 1 is 1.46 bits per heavy atom. The summed E-state index contributed by atoms with van der Waals surface area (Å²) in [4.78, 5) is 10.8. The van der Waals surface area contributed by atoms with Crippen molar-refractivity contribution >= 4 is 5.91 Å². The van der Waals surface area contributed by atoms with Crippen molar-refractivity contribution in [3.63, 3.8) is 0 Å². The van der Waals surface area contributed by atoms with Gasteiger partial charge in [0.2, 0.25) is 5.91 Å². The van der Waals surface area contributed by atoms with Gasteiger partial charge in [0.05, 0.1) is 7.11 Å². The fourth-order valence-electron chi connectivity index (χ4n) is 1.08. The molecule has 1 atom stereocenters. The summed E-state index contributed by atoms with van der Waals surface area (Å²) in [5.41, 5.74) is 11.2. The van der Waals surface area contributed by atoms with Gasteiger partial charge >= 0.3 is 0 Å². The van der Waals surface area contributed by atoms with E-state index in [0.717, 1.165) is 0 Å². The van der Waals surface area contributed by atoms with E-state index in [2.05, 4.69) is 0 Å². The highest BCUT2D eigenvalue weighted by atomic mass is 16.5. The maximum Gasteiger partial charge on any atom is 0.239 e. The molecular weight excluding hydrogens is 168 g/mol. The number of rotatable bonds is 3. The number of amides is 1. The molecule has 1 rings (SSSR count). The van der Waals surface area contributed by atoms with E-state index >= 15 is 0 Å². The van der Waals surface area contributed by atoms with E-state index in [1.807, 2.05) is 0 Å². The van der Waals surface area contributed by atoms with Gasteiger partial charge in [-0.05, 0) is 6.07 Å². The quantitative estimate of drug-likeness (QED) is 0.696. The average Bonchev–Trinajstić information content (AvgIpc) is 2.16. The van der Waals surface area contributed by atoms with E-state index in [1.54, 1.807) is 24.3 Å². The number of ether oxygens (including phenoxy) is 1. The predicted octanol–water partition coefficient (Wildman–Crippen LogP) is 0.180. The number of hydrogen-bond acceptors (Lipinski definition) is 3. The van der Waals surface area contributed by atoms with E-state index in [0.29, 0.717) is 11.3 Å². The van der Waals surface area contributed by atoms with Crippen LogP contribution >= 0.6 is 0 Å². The number of benzene rings is 1. The van der Waals surface area contributed by atoms with Gasteiger partial charge in [-0.15, -0.1) is 0 Å².